The van der Waals surface area contributed by atoms with Crippen LogP contribution < -0.4 is 5.73 Å². The fourth-order valence-corrected chi connectivity index (χ4v) is 1.64. The molecule has 0 aliphatic carbocycles. The van der Waals surface area contributed by atoms with Crippen molar-refractivity contribution in [1.29, 1.82) is 0 Å². The Morgan fingerprint density at radius 1 is 1.09 bits per heavy atom. The molecule has 0 spiro atoms. The Morgan fingerprint density at radius 2 is 1.64 bits per heavy atom. The molecule has 2 N–H and O–H groups in total. The lowest BCUT2D eigenvalue weighted by molar-refractivity contribution is -0.135. The summed E-state index contributed by atoms with van der Waals surface area (Å²) in [5, 5.41) is 0. The molecule has 5 nitrogen and oxygen atoms in total. The van der Waals surface area contributed by atoms with Crippen LogP contribution in [-0.2, 0) is 14.3 Å². The van der Waals surface area contributed by atoms with Gasteiger partial charge in [-0.05, 0) is 61.8 Å². The third kappa shape index (κ3) is 8.83. The Morgan fingerprint density at radius 3 is 2.05 bits per heavy atom. The molecule has 0 bridgehead atoms. The highest BCUT2D eigenvalue weighted by atomic mass is 16.5. The van der Waals surface area contributed by atoms with Gasteiger partial charge in [0.25, 0.3) is 0 Å². The van der Waals surface area contributed by atoms with Crippen molar-refractivity contribution in [1.82, 2.24) is 4.90 Å². The zero-order valence-corrected chi connectivity index (χ0v) is 15.8. The summed E-state index contributed by atoms with van der Waals surface area (Å²) in [5.41, 5.74) is 4.61. The van der Waals surface area contributed by atoms with Crippen LogP contribution in [0.4, 0.5) is 0 Å². The van der Waals surface area contributed by atoms with E-state index in [2.05, 4.69) is 20.8 Å². The fourth-order valence-electron chi connectivity index (χ4n) is 1.64. The number of ketones is 1. The van der Waals surface area contributed by atoms with E-state index < -0.39 is 5.54 Å². The van der Waals surface area contributed by atoms with Gasteiger partial charge in [0.15, 0.2) is 5.78 Å². The molecule has 132 valence electrons. The Labute approximate surface area is 136 Å². The summed E-state index contributed by atoms with van der Waals surface area (Å²) < 4.78 is 11.4. The molecule has 0 aliphatic rings. The second-order valence-electron chi connectivity index (χ2n) is 7.99. The van der Waals surface area contributed by atoms with Gasteiger partial charge >= 0.3 is 0 Å². The Bertz CT molecular complexity index is 341. The molecule has 22 heavy (non-hydrogen) atoms. The molecule has 0 saturated heterocycles. The summed E-state index contributed by atoms with van der Waals surface area (Å²) >= 11 is 0. The second kappa shape index (κ2) is 8.39. The van der Waals surface area contributed by atoms with Crippen LogP contribution in [0.2, 0.25) is 0 Å². The number of ether oxygens (including phenoxy) is 2. The minimum atomic E-state index is -0.825. The first kappa shape index (κ1) is 21.5. The van der Waals surface area contributed by atoms with Gasteiger partial charge in [0.1, 0.15) is 6.73 Å². The van der Waals surface area contributed by atoms with Gasteiger partial charge in [0, 0.05) is 18.8 Å². The van der Waals surface area contributed by atoms with E-state index in [1.165, 1.54) is 0 Å². The van der Waals surface area contributed by atoms with E-state index in [0.717, 1.165) is 6.42 Å². The Kier molecular flexibility index (Phi) is 8.20. The van der Waals surface area contributed by atoms with Gasteiger partial charge in [-0.1, -0.05) is 0 Å². The molecule has 0 aromatic heterocycles. The lowest BCUT2D eigenvalue weighted by Gasteiger charge is -2.38. The number of nitrogens with zero attached hydrogens (tertiary/aromatic N) is 1. The molecule has 0 unspecified atom stereocenters. The number of rotatable bonds is 10. The molecular formula is C17H36N2O3. The van der Waals surface area contributed by atoms with E-state index >= 15 is 0 Å². The van der Waals surface area contributed by atoms with Crippen molar-refractivity contribution in [2.24, 2.45) is 5.73 Å². The van der Waals surface area contributed by atoms with Crippen LogP contribution in [-0.4, -0.2) is 53.9 Å². The predicted octanol–water partition coefficient (Wildman–Crippen LogP) is 2.57. The number of carbonyl (C=O) groups excluding carboxylic acids is 1. The molecule has 0 radical (unpaired) electrons. The van der Waals surface area contributed by atoms with E-state index in [4.69, 9.17) is 15.2 Å². The number of nitrogens with two attached hydrogens (primary N) is 1. The molecule has 0 aromatic carbocycles. The summed E-state index contributed by atoms with van der Waals surface area (Å²) in [6, 6.07) is 0. The molecule has 0 heterocycles. The van der Waals surface area contributed by atoms with Crippen LogP contribution in [0.15, 0.2) is 0 Å². The molecule has 0 rings (SSSR count). The van der Waals surface area contributed by atoms with Crippen molar-refractivity contribution < 1.29 is 14.3 Å². The van der Waals surface area contributed by atoms with Crippen LogP contribution in [0.1, 0.15) is 61.8 Å². The molecule has 0 aliphatic heterocycles. The van der Waals surface area contributed by atoms with Gasteiger partial charge in [-0.2, -0.15) is 0 Å². The topological polar surface area (TPSA) is 64.8 Å². The second-order valence-corrected chi connectivity index (χ2v) is 7.99. The SMILES string of the molecule is CCOCCC(C)(C)OCN(CC(=O)C(C)(C)N)C(C)(C)C. The van der Waals surface area contributed by atoms with Crippen LogP contribution in [0.25, 0.3) is 0 Å². The maximum Gasteiger partial charge on any atom is 0.166 e. The van der Waals surface area contributed by atoms with Crippen molar-refractivity contribution in [3.05, 3.63) is 0 Å². The predicted molar refractivity (Wildman–Crippen MR) is 90.9 cm³/mol. The van der Waals surface area contributed by atoms with E-state index in [1.54, 1.807) is 13.8 Å². The smallest absolute Gasteiger partial charge is 0.166 e. The van der Waals surface area contributed by atoms with E-state index in [-0.39, 0.29) is 23.5 Å². The molecule has 0 amide bonds. The summed E-state index contributed by atoms with van der Waals surface area (Å²) in [6.45, 7) is 17.8. The van der Waals surface area contributed by atoms with Crippen molar-refractivity contribution in [2.45, 2.75) is 78.5 Å². The van der Waals surface area contributed by atoms with Gasteiger partial charge in [-0.15, -0.1) is 0 Å². The quantitative estimate of drug-likeness (QED) is 0.496. The van der Waals surface area contributed by atoms with E-state index in [0.29, 0.717) is 19.9 Å². The molecular weight excluding hydrogens is 280 g/mol. The zero-order chi connectivity index (χ0) is 17.6. The number of carbonyl (C=O) groups is 1. The zero-order valence-electron chi connectivity index (χ0n) is 15.8. The average Bonchev–Trinajstić information content (AvgIpc) is 2.31. The lowest BCUT2D eigenvalue weighted by Crippen LogP contribution is -2.53. The van der Waals surface area contributed by atoms with Crippen molar-refractivity contribution in [3.8, 4) is 0 Å². The minimum absolute atomic E-state index is 0.0122. The maximum atomic E-state index is 12.2. The number of Topliss-reactive ketones (excluding diaryl/α,β-unsaturated/α-hetero) is 1. The summed E-state index contributed by atoms with van der Waals surface area (Å²) in [4.78, 5) is 14.2. The third-order valence-corrected chi connectivity index (χ3v) is 3.67. The largest absolute Gasteiger partial charge is 0.382 e. The van der Waals surface area contributed by atoms with Gasteiger partial charge < -0.3 is 15.2 Å². The van der Waals surface area contributed by atoms with Crippen molar-refractivity contribution in [3.63, 3.8) is 0 Å². The molecule has 0 fully saturated rings. The van der Waals surface area contributed by atoms with E-state index in [9.17, 15) is 4.79 Å². The van der Waals surface area contributed by atoms with Gasteiger partial charge in [-0.3, -0.25) is 9.69 Å². The van der Waals surface area contributed by atoms with Crippen molar-refractivity contribution >= 4 is 5.78 Å². The van der Waals surface area contributed by atoms with Gasteiger partial charge in [0.05, 0.1) is 17.7 Å². The van der Waals surface area contributed by atoms with Gasteiger partial charge in [0.2, 0.25) is 0 Å². The monoisotopic (exact) mass is 316 g/mol. The van der Waals surface area contributed by atoms with Crippen LogP contribution in [0.3, 0.4) is 0 Å². The normalized spacial score (nSPS) is 13.7. The summed E-state index contributed by atoms with van der Waals surface area (Å²) in [6.07, 6.45) is 0.815. The highest BCUT2D eigenvalue weighted by Gasteiger charge is 2.31. The molecule has 0 aromatic rings. The van der Waals surface area contributed by atoms with Crippen LogP contribution in [0, 0.1) is 0 Å². The molecule has 0 atom stereocenters. The van der Waals surface area contributed by atoms with Gasteiger partial charge in [-0.25, -0.2) is 0 Å². The summed E-state index contributed by atoms with van der Waals surface area (Å²) in [5.74, 6) is 0.0122. The molecule has 5 heteroatoms. The lowest BCUT2D eigenvalue weighted by atomic mass is 9.98. The van der Waals surface area contributed by atoms with Crippen LogP contribution >= 0.6 is 0 Å². The maximum absolute atomic E-state index is 12.2. The fraction of sp³-hybridized carbons (Fsp3) is 0.941. The Hall–Kier alpha value is -0.490. The first-order chi connectivity index (χ1) is 9.79. The third-order valence-electron chi connectivity index (χ3n) is 3.67. The minimum Gasteiger partial charge on any atom is -0.382 e. The van der Waals surface area contributed by atoms with Crippen molar-refractivity contribution in [2.75, 3.05) is 26.5 Å². The number of hydrogen-bond acceptors (Lipinski definition) is 5. The highest BCUT2D eigenvalue weighted by Crippen LogP contribution is 2.20. The van der Waals surface area contributed by atoms with E-state index in [1.807, 2.05) is 25.7 Å². The van der Waals surface area contributed by atoms with Crippen LogP contribution in [0.5, 0.6) is 0 Å². The highest BCUT2D eigenvalue weighted by molar-refractivity contribution is 5.89. The number of hydrogen-bond donors (Lipinski definition) is 1. The first-order valence-corrected chi connectivity index (χ1v) is 8.08. The molecule has 0 saturated carbocycles. The first-order valence-electron chi connectivity index (χ1n) is 8.08. The standard InChI is InChI=1S/C17H36N2O3/c1-9-21-11-10-16(5,6)22-13-19(15(2,3)4)12-14(20)17(7,8)18/h9-13,18H2,1-8H3. The summed E-state index contributed by atoms with van der Waals surface area (Å²) in [7, 11) is 0. The average molecular weight is 316 g/mol. The Balaban J connectivity index is 4.65.